The van der Waals surface area contributed by atoms with Gasteiger partial charge in [-0.05, 0) is 30.7 Å². The van der Waals surface area contributed by atoms with Crippen LogP contribution < -0.4 is 10.1 Å². The summed E-state index contributed by atoms with van der Waals surface area (Å²) in [6.07, 6.45) is -0.561. The van der Waals surface area contributed by atoms with Gasteiger partial charge < -0.3 is 15.2 Å². The van der Waals surface area contributed by atoms with Gasteiger partial charge in [0.1, 0.15) is 18.5 Å². The molecule has 0 aliphatic heterocycles. The van der Waals surface area contributed by atoms with Crippen molar-refractivity contribution in [3.8, 4) is 5.75 Å². The molecule has 21 heavy (non-hydrogen) atoms. The molecule has 0 heterocycles. The Morgan fingerprint density at radius 1 is 1.19 bits per heavy atom. The lowest BCUT2D eigenvalue weighted by molar-refractivity contribution is 0.106. The van der Waals surface area contributed by atoms with Gasteiger partial charge in [-0.1, -0.05) is 47.5 Å². The maximum atomic E-state index is 9.88. The van der Waals surface area contributed by atoms with E-state index in [1.807, 2.05) is 12.1 Å². The summed E-state index contributed by atoms with van der Waals surface area (Å²) in [4.78, 5) is 0. The zero-order valence-electron chi connectivity index (χ0n) is 12.1. The van der Waals surface area contributed by atoms with Crippen LogP contribution in [0.2, 0.25) is 5.02 Å². The van der Waals surface area contributed by atoms with E-state index in [0.29, 0.717) is 17.3 Å². The van der Waals surface area contributed by atoms with E-state index in [9.17, 15) is 5.11 Å². The summed E-state index contributed by atoms with van der Waals surface area (Å²) >= 11 is 5.87. The number of aliphatic hydroxyl groups excluding tert-OH is 1. The van der Waals surface area contributed by atoms with Crippen LogP contribution >= 0.6 is 11.6 Å². The highest BCUT2D eigenvalue weighted by atomic mass is 35.5. The maximum Gasteiger partial charge on any atom is 0.120 e. The fourth-order valence-corrected chi connectivity index (χ4v) is 2.08. The SMILES string of the molecule is Cc1ccc(CNCC(O)COc2cccc(Cl)c2)cc1. The Kier molecular flexibility index (Phi) is 6.05. The molecule has 2 aromatic rings. The highest BCUT2D eigenvalue weighted by Gasteiger charge is 2.05. The van der Waals surface area contributed by atoms with Crippen molar-refractivity contribution < 1.29 is 9.84 Å². The first-order valence-corrected chi connectivity index (χ1v) is 7.34. The second-order valence-corrected chi connectivity index (χ2v) is 5.48. The number of benzene rings is 2. The molecule has 2 aromatic carbocycles. The van der Waals surface area contributed by atoms with Crippen molar-refractivity contribution in [2.75, 3.05) is 13.2 Å². The van der Waals surface area contributed by atoms with E-state index in [4.69, 9.17) is 16.3 Å². The summed E-state index contributed by atoms with van der Waals surface area (Å²) in [5.74, 6) is 0.667. The zero-order valence-corrected chi connectivity index (χ0v) is 12.8. The normalized spacial score (nSPS) is 12.1. The minimum absolute atomic E-state index is 0.237. The molecule has 0 spiro atoms. The van der Waals surface area contributed by atoms with Gasteiger partial charge in [0.15, 0.2) is 0 Å². The lowest BCUT2D eigenvalue weighted by Crippen LogP contribution is -2.31. The Bertz CT molecular complexity index is 557. The molecule has 0 aromatic heterocycles. The Labute approximate surface area is 130 Å². The molecular weight excluding hydrogens is 286 g/mol. The van der Waals surface area contributed by atoms with Crippen molar-refractivity contribution in [1.82, 2.24) is 5.32 Å². The summed E-state index contributed by atoms with van der Waals surface area (Å²) < 4.78 is 5.49. The van der Waals surface area contributed by atoms with E-state index in [2.05, 4.69) is 36.5 Å². The van der Waals surface area contributed by atoms with E-state index in [1.54, 1.807) is 12.1 Å². The van der Waals surface area contributed by atoms with E-state index < -0.39 is 6.10 Å². The van der Waals surface area contributed by atoms with Gasteiger partial charge in [-0.2, -0.15) is 0 Å². The van der Waals surface area contributed by atoms with Crippen LogP contribution in [0.1, 0.15) is 11.1 Å². The molecule has 0 radical (unpaired) electrons. The van der Waals surface area contributed by atoms with E-state index >= 15 is 0 Å². The topological polar surface area (TPSA) is 41.5 Å². The quantitative estimate of drug-likeness (QED) is 0.825. The number of aliphatic hydroxyl groups is 1. The van der Waals surface area contributed by atoms with Gasteiger partial charge in [0.25, 0.3) is 0 Å². The summed E-state index contributed by atoms with van der Waals surface area (Å²) in [5.41, 5.74) is 2.44. The predicted octanol–water partition coefficient (Wildman–Crippen LogP) is 3.18. The summed E-state index contributed by atoms with van der Waals surface area (Å²) in [6, 6.07) is 15.5. The van der Waals surface area contributed by atoms with Gasteiger partial charge in [0, 0.05) is 18.1 Å². The first-order valence-electron chi connectivity index (χ1n) is 6.96. The van der Waals surface area contributed by atoms with Crippen molar-refractivity contribution >= 4 is 11.6 Å². The molecule has 0 fully saturated rings. The van der Waals surface area contributed by atoms with Gasteiger partial charge in [0.2, 0.25) is 0 Å². The van der Waals surface area contributed by atoms with Gasteiger partial charge in [0.05, 0.1) is 0 Å². The zero-order chi connectivity index (χ0) is 15.1. The molecule has 0 saturated heterocycles. The van der Waals surface area contributed by atoms with E-state index in [1.165, 1.54) is 11.1 Å². The minimum Gasteiger partial charge on any atom is -0.491 e. The van der Waals surface area contributed by atoms with Gasteiger partial charge in [-0.3, -0.25) is 0 Å². The molecule has 2 N–H and O–H groups in total. The van der Waals surface area contributed by atoms with Crippen molar-refractivity contribution in [3.63, 3.8) is 0 Å². The van der Waals surface area contributed by atoms with Crippen molar-refractivity contribution in [1.29, 1.82) is 0 Å². The van der Waals surface area contributed by atoms with Crippen LogP contribution in [-0.2, 0) is 6.54 Å². The molecule has 4 heteroatoms. The summed E-state index contributed by atoms with van der Waals surface area (Å²) in [5, 5.41) is 13.7. The number of rotatable bonds is 7. The molecule has 1 unspecified atom stereocenters. The van der Waals surface area contributed by atoms with Gasteiger partial charge in [-0.25, -0.2) is 0 Å². The number of halogens is 1. The maximum absolute atomic E-state index is 9.88. The van der Waals surface area contributed by atoms with Crippen LogP contribution in [0.3, 0.4) is 0 Å². The lowest BCUT2D eigenvalue weighted by Gasteiger charge is -2.13. The third-order valence-corrected chi connectivity index (χ3v) is 3.30. The minimum atomic E-state index is -0.561. The fraction of sp³-hybridized carbons (Fsp3) is 0.294. The Morgan fingerprint density at radius 3 is 2.67 bits per heavy atom. The smallest absolute Gasteiger partial charge is 0.120 e. The fourth-order valence-electron chi connectivity index (χ4n) is 1.90. The van der Waals surface area contributed by atoms with E-state index in [-0.39, 0.29) is 6.61 Å². The van der Waals surface area contributed by atoms with Crippen LogP contribution in [0.5, 0.6) is 5.75 Å². The first kappa shape index (κ1) is 15.8. The molecule has 112 valence electrons. The average molecular weight is 306 g/mol. The standard InChI is InChI=1S/C17H20ClNO2/c1-13-5-7-14(8-6-13)10-19-11-16(20)12-21-17-4-2-3-15(18)9-17/h2-9,16,19-20H,10-12H2,1H3. The van der Waals surface area contributed by atoms with Gasteiger partial charge >= 0.3 is 0 Å². The lowest BCUT2D eigenvalue weighted by atomic mass is 10.1. The first-order chi connectivity index (χ1) is 10.1. The molecule has 0 saturated carbocycles. The number of aryl methyl sites for hydroxylation is 1. The third-order valence-electron chi connectivity index (χ3n) is 3.07. The number of hydrogen-bond acceptors (Lipinski definition) is 3. The van der Waals surface area contributed by atoms with Crippen LogP contribution in [0.15, 0.2) is 48.5 Å². The van der Waals surface area contributed by atoms with Crippen molar-refractivity contribution in [3.05, 3.63) is 64.7 Å². The van der Waals surface area contributed by atoms with Crippen molar-refractivity contribution in [2.24, 2.45) is 0 Å². The third kappa shape index (κ3) is 5.76. The van der Waals surface area contributed by atoms with Crippen LogP contribution in [0.25, 0.3) is 0 Å². The number of nitrogens with one attached hydrogen (secondary N) is 1. The summed E-state index contributed by atoms with van der Waals surface area (Å²) in [7, 11) is 0. The average Bonchev–Trinajstić information content (AvgIpc) is 2.47. The van der Waals surface area contributed by atoms with Crippen LogP contribution in [-0.4, -0.2) is 24.4 Å². The van der Waals surface area contributed by atoms with E-state index in [0.717, 1.165) is 6.54 Å². The molecule has 3 nitrogen and oxygen atoms in total. The molecule has 0 aliphatic rings. The predicted molar refractivity (Wildman–Crippen MR) is 85.8 cm³/mol. The largest absolute Gasteiger partial charge is 0.491 e. The molecule has 2 rings (SSSR count). The number of ether oxygens (including phenoxy) is 1. The summed E-state index contributed by atoms with van der Waals surface area (Å²) in [6.45, 7) is 3.51. The Hall–Kier alpha value is -1.55. The van der Waals surface area contributed by atoms with Crippen LogP contribution in [0, 0.1) is 6.92 Å². The highest BCUT2D eigenvalue weighted by Crippen LogP contribution is 2.17. The van der Waals surface area contributed by atoms with Crippen molar-refractivity contribution in [2.45, 2.75) is 19.6 Å². The highest BCUT2D eigenvalue weighted by molar-refractivity contribution is 6.30. The number of hydrogen-bond donors (Lipinski definition) is 2. The van der Waals surface area contributed by atoms with Crippen LogP contribution in [0.4, 0.5) is 0 Å². The monoisotopic (exact) mass is 305 g/mol. The Morgan fingerprint density at radius 2 is 1.95 bits per heavy atom. The second kappa shape index (κ2) is 8.03. The molecular formula is C17H20ClNO2. The molecule has 0 bridgehead atoms. The molecule has 0 aliphatic carbocycles. The van der Waals surface area contributed by atoms with Gasteiger partial charge in [-0.15, -0.1) is 0 Å². The Balaban J connectivity index is 1.67. The second-order valence-electron chi connectivity index (χ2n) is 5.04. The molecule has 1 atom stereocenters. The molecule has 0 amide bonds.